The van der Waals surface area contributed by atoms with Gasteiger partial charge >= 0.3 is 6.18 Å². The van der Waals surface area contributed by atoms with E-state index in [0.717, 1.165) is 66.3 Å². The molecule has 0 unspecified atom stereocenters. The van der Waals surface area contributed by atoms with E-state index in [2.05, 4.69) is 16.7 Å². The van der Waals surface area contributed by atoms with Gasteiger partial charge in [0, 0.05) is 111 Å². The second-order valence-corrected chi connectivity index (χ2v) is 31.7. The third-order valence-corrected chi connectivity index (χ3v) is 23.4. The van der Waals surface area contributed by atoms with Crippen LogP contribution < -0.4 is 0 Å². The average molecular weight is 1710 g/mol. The topological polar surface area (TPSA) is 203 Å². The fourth-order valence-corrected chi connectivity index (χ4v) is 17.2. The second-order valence-electron chi connectivity index (χ2n) is 31.7. The summed E-state index contributed by atoms with van der Waals surface area (Å²) in [7, 11) is 0. The number of nitrogens with zero attached hydrogens (tertiary/aromatic N) is 17. The minimum absolute atomic E-state index is 0.102. The van der Waals surface area contributed by atoms with Gasteiger partial charge in [-0.25, -0.2) is 74.8 Å². The van der Waals surface area contributed by atoms with Crippen LogP contribution in [0.4, 0.5) is 13.2 Å². The molecule has 0 aliphatic heterocycles. The van der Waals surface area contributed by atoms with E-state index in [9.17, 15) is 0 Å². The smallest absolute Gasteiger partial charge is 0.309 e. The first-order valence-electron chi connectivity index (χ1n) is 42.9. The number of aromatic nitrogens is 17. The predicted octanol–water partition coefficient (Wildman–Crippen LogP) is 26.5. The van der Waals surface area contributed by atoms with E-state index in [0.29, 0.717) is 142 Å². The van der Waals surface area contributed by atoms with Crippen LogP contribution in [-0.2, 0) is 6.18 Å². The first-order chi connectivity index (χ1) is 65.0. The van der Waals surface area contributed by atoms with Gasteiger partial charge in [0.15, 0.2) is 87.4 Å². The standard InChI is InChI=1S/C112H68F3N17/c113-112(114,115)96-85(52-31-53-95(96)132-93-62-56-81(109-125-101(73-40-19-5-20-41-73)118-102(126-109)74-42-21-6-22-43-74)66-88(93)89-67-82(57-63-94(89)132)110-127-103(75-44-23-7-24-45-75)119-104(128-110)76-46-25-8-26-47-76)84-59-58-83(68-90(84)111-129-105(77-48-27-9-28-49-77)120-106(130-111)78-50-29-10-30-51-78)131-91-60-54-79(107-121-97(69-32-11-1-12-33-69)116-98(122-107)70-34-13-2-14-35-70)64-86(91)87-65-80(55-61-92(87)131)108-123-99(71-36-15-3-16-37-71)117-100(124-108)72-38-17-4-18-39-72/h1-68H. The summed E-state index contributed by atoms with van der Waals surface area (Å²) >= 11 is 0. The van der Waals surface area contributed by atoms with Crippen molar-refractivity contribution in [2.75, 3.05) is 0 Å². The van der Waals surface area contributed by atoms with E-state index in [1.165, 1.54) is 12.1 Å². The maximum atomic E-state index is 18.0. The highest BCUT2D eigenvalue weighted by Gasteiger charge is 2.39. The zero-order valence-corrected chi connectivity index (χ0v) is 70.0. The lowest BCUT2D eigenvalue weighted by atomic mass is 9.92. The van der Waals surface area contributed by atoms with Crippen molar-refractivity contribution in [2.24, 2.45) is 0 Å². The second kappa shape index (κ2) is 33.4. The minimum Gasteiger partial charge on any atom is -0.309 e. The summed E-state index contributed by atoms with van der Waals surface area (Å²) in [6.45, 7) is 0. The fraction of sp³-hybridized carbons (Fsp3) is 0.00893. The van der Waals surface area contributed by atoms with Crippen LogP contribution in [-0.4, -0.2) is 83.9 Å². The molecule has 0 amide bonds. The zero-order valence-electron chi connectivity index (χ0n) is 70.0. The summed E-state index contributed by atoms with van der Waals surface area (Å²) < 4.78 is 57.9. The van der Waals surface area contributed by atoms with Gasteiger partial charge in [0.1, 0.15) is 0 Å². The van der Waals surface area contributed by atoms with Crippen molar-refractivity contribution in [1.29, 1.82) is 0 Å². The molecule has 23 rings (SSSR count). The van der Waals surface area contributed by atoms with Crippen LogP contribution in [0.5, 0.6) is 0 Å². The van der Waals surface area contributed by atoms with Crippen molar-refractivity contribution in [3.63, 3.8) is 0 Å². The summed E-state index contributed by atoms with van der Waals surface area (Å²) in [5.41, 5.74) is 12.2. The van der Waals surface area contributed by atoms with Crippen LogP contribution in [0.25, 0.3) is 237 Å². The molecular weight excluding hydrogens is 1640 g/mol. The van der Waals surface area contributed by atoms with Gasteiger partial charge < -0.3 is 9.13 Å². The van der Waals surface area contributed by atoms with E-state index < -0.39 is 11.7 Å². The van der Waals surface area contributed by atoms with Crippen molar-refractivity contribution in [3.05, 3.63) is 418 Å². The van der Waals surface area contributed by atoms with Crippen LogP contribution in [0.15, 0.2) is 413 Å². The summed E-state index contributed by atoms with van der Waals surface area (Å²) in [6.07, 6.45) is -5.07. The molecule has 20 heteroatoms. The Morgan fingerprint density at radius 3 is 0.598 bits per heavy atom. The van der Waals surface area contributed by atoms with Gasteiger partial charge in [0.2, 0.25) is 0 Å². The number of benzene rings is 16. The number of fused-ring (bicyclic) bond motifs is 6. The largest absolute Gasteiger partial charge is 0.419 e. The maximum absolute atomic E-state index is 18.0. The van der Waals surface area contributed by atoms with Gasteiger partial charge in [0.05, 0.1) is 33.3 Å². The predicted molar refractivity (Wildman–Crippen MR) is 514 cm³/mol. The molecule has 622 valence electrons. The van der Waals surface area contributed by atoms with Crippen LogP contribution in [0, 0.1) is 0 Å². The summed E-state index contributed by atoms with van der Waals surface area (Å²) in [5.74, 6) is 5.91. The van der Waals surface area contributed by atoms with E-state index in [4.69, 9.17) is 74.8 Å². The van der Waals surface area contributed by atoms with Gasteiger partial charge in [-0.2, -0.15) is 13.2 Å². The summed E-state index contributed by atoms with van der Waals surface area (Å²) in [6, 6.07) is 131. The molecule has 132 heavy (non-hydrogen) atoms. The quantitative estimate of drug-likeness (QED) is 0.0784. The Labute approximate surface area is 753 Å². The molecule has 0 spiro atoms. The molecule has 17 nitrogen and oxygen atoms in total. The lowest BCUT2D eigenvalue weighted by Crippen LogP contribution is -2.13. The van der Waals surface area contributed by atoms with Crippen LogP contribution in [0.2, 0.25) is 0 Å². The number of alkyl halides is 3. The molecule has 0 bridgehead atoms. The molecule has 0 aliphatic carbocycles. The Morgan fingerprint density at radius 2 is 0.371 bits per heavy atom. The Hall–Kier alpha value is -18.0. The molecule has 0 atom stereocenters. The minimum atomic E-state index is -5.07. The third-order valence-electron chi connectivity index (χ3n) is 23.4. The van der Waals surface area contributed by atoms with Gasteiger partial charge in [-0.3, -0.25) is 0 Å². The molecule has 0 saturated heterocycles. The van der Waals surface area contributed by atoms with E-state index in [1.807, 2.05) is 376 Å². The first kappa shape index (κ1) is 78.7. The van der Waals surface area contributed by atoms with Gasteiger partial charge in [-0.1, -0.05) is 322 Å². The average Bonchev–Trinajstić information content (AvgIpc) is 1.55. The Morgan fingerprint density at radius 1 is 0.159 bits per heavy atom. The lowest BCUT2D eigenvalue weighted by molar-refractivity contribution is -0.136. The van der Waals surface area contributed by atoms with Crippen molar-refractivity contribution >= 4 is 43.6 Å². The molecule has 0 saturated carbocycles. The normalized spacial score (nSPS) is 11.6. The third kappa shape index (κ3) is 15.0. The fourth-order valence-electron chi connectivity index (χ4n) is 17.2. The van der Waals surface area contributed by atoms with Crippen molar-refractivity contribution in [2.45, 2.75) is 6.18 Å². The highest BCUT2D eigenvalue weighted by molar-refractivity contribution is 6.13. The molecule has 23 aromatic rings. The zero-order chi connectivity index (χ0) is 88.2. The highest BCUT2D eigenvalue weighted by atomic mass is 19.4. The van der Waals surface area contributed by atoms with Crippen LogP contribution in [0.3, 0.4) is 0 Å². The summed E-state index contributed by atoms with van der Waals surface area (Å²) in [4.78, 5) is 77.5. The van der Waals surface area contributed by atoms with Crippen molar-refractivity contribution in [3.8, 4) is 193 Å². The number of halogens is 3. The van der Waals surface area contributed by atoms with Gasteiger partial charge in [-0.15, -0.1) is 0 Å². The SMILES string of the molecule is FC(F)(F)c1c(-c2ccc(-n3c4ccc(-c5nc(-c6ccccc6)nc(-c6ccccc6)n5)cc4c4cc(-c5nc(-c6ccccc6)nc(-c6ccccc6)n5)ccc43)cc2-c2nc(-c3ccccc3)nc(-c3ccccc3)n2)cccc1-n1c2ccc(-c3nc(-c4ccccc4)nc(-c4ccccc4)n3)cc2c2cc(-c3nc(-c4ccccc4)nc(-c4ccccc4)n3)ccc21. The number of rotatable bonds is 18. The first-order valence-corrected chi connectivity index (χ1v) is 42.9. The van der Waals surface area contributed by atoms with Gasteiger partial charge in [0.25, 0.3) is 0 Å². The molecular formula is C112H68F3N17. The summed E-state index contributed by atoms with van der Waals surface area (Å²) in [5, 5.41) is 2.72. The molecule has 0 N–H and O–H groups in total. The Balaban J connectivity index is 0.766. The van der Waals surface area contributed by atoms with E-state index >= 15 is 13.2 Å². The number of hydrogen-bond donors (Lipinski definition) is 0. The van der Waals surface area contributed by atoms with Gasteiger partial charge in [-0.05, 0) is 102 Å². The highest BCUT2D eigenvalue weighted by Crippen LogP contribution is 2.49. The Kier molecular flexibility index (Phi) is 19.9. The Bertz CT molecular complexity index is 7680. The maximum Gasteiger partial charge on any atom is 0.419 e. The lowest BCUT2D eigenvalue weighted by Gasteiger charge is -2.22. The monoisotopic (exact) mass is 1710 g/mol. The van der Waals surface area contributed by atoms with Crippen LogP contribution in [0.1, 0.15) is 5.56 Å². The number of hydrogen-bond acceptors (Lipinski definition) is 15. The van der Waals surface area contributed by atoms with Crippen LogP contribution >= 0.6 is 0 Å². The molecule has 0 fully saturated rings. The molecule has 7 aromatic heterocycles. The molecule has 16 aromatic carbocycles. The van der Waals surface area contributed by atoms with Crippen molar-refractivity contribution in [1.82, 2.24) is 83.9 Å². The van der Waals surface area contributed by atoms with E-state index in [1.54, 1.807) is 16.7 Å². The van der Waals surface area contributed by atoms with Crippen molar-refractivity contribution < 1.29 is 13.2 Å². The molecule has 0 radical (unpaired) electrons. The molecule has 0 aliphatic rings. The van der Waals surface area contributed by atoms with E-state index in [-0.39, 0.29) is 28.2 Å². The molecule has 7 heterocycles.